The molecule has 0 aromatic heterocycles. The molecule has 0 saturated carbocycles. The number of nitrogens with one attached hydrogen (secondary N) is 1. The minimum absolute atomic E-state index is 0.192. The van der Waals surface area contributed by atoms with E-state index in [9.17, 15) is 9.59 Å². The number of rotatable bonds is 7. The summed E-state index contributed by atoms with van der Waals surface area (Å²) in [6.07, 6.45) is 2.93. The van der Waals surface area contributed by atoms with E-state index in [1.54, 1.807) is 31.2 Å². The maximum Gasteiger partial charge on any atom is 0.331 e. The van der Waals surface area contributed by atoms with Crippen molar-refractivity contribution in [2.24, 2.45) is 0 Å². The lowest BCUT2D eigenvalue weighted by molar-refractivity contribution is -0.148. The molecule has 2 atom stereocenters. The number of carbonyl (C=O) groups is 2. The van der Waals surface area contributed by atoms with Gasteiger partial charge in [0.25, 0.3) is 5.91 Å². The molecule has 0 aliphatic carbocycles. The van der Waals surface area contributed by atoms with Crippen LogP contribution in [-0.4, -0.2) is 24.8 Å². The minimum Gasteiger partial charge on any atom is -0.454 e. The van der Waals surface area contributed by atoms with E-state index in [4.69, 9.17) is 14.2 Å². The fraction of sp³-hybridized carbons (Fsp3) is 0.304. The van der Waals surface area contributed by atoms with E-state index in [1.165, 1.54) is 6.08 Å². The number of esters is 1. The smallest absolute Gasteiger partial charge is 0.331 e. The molecule has 1 aliphatic heterocycles. The monoisotopic (exact) mass is 395 g/mol. The van der Waals surface area contributed by atoms with Crippen LogP contribution >= 0.6 is 0 Å². The molecule has 29 heavy (non-hydrogen) atoms. The molecular formula is C23H25NO5. The van der Waals surface area contributed by atoms with E-state index in [0.29, 0.717) is 17.4 Å². The van der Waals surface area contributed by atoms with Gasteiger partial charge in [0.05, 0.1) is 0 Å². The fourth-order valence-corrected chi connectivity index (χ4v) is 2.94. The molecule has 1 amide bonds. The summed E-state index contributed by atoms with van der Waals surface area (Å²) in [5, 5.41) is 2.86. The maximum absolute atomic E-state index is 12.5. The van der Waals surface area contributed by atoms with E-state index in [1.807, 2.05) is 24.3 Å². The number of hydrogen-bond donors (Lipinski definition) is 1. The van der Waals surface area contributed by atoms with Gasteiger partial charge >= 0.3 is 5.97 Å². The summed E-state index contributed by atoms with van der Waals surface area (Å²) in [5.41, 5.74) is 2.57. The largest absolute Gasteiger partial charge is 0.454 e. The third-order valence-corrected chi connectivity index (χ3v) is 4.83. The second-order valence-electron chi connectivity index (χ2n) is 6.91. The Bertz CT molecular complexity index is 921. The van der Waals surface area contributed by atoms with Gasteiger partial charge in [-0.05, 0) is 54.7 Å². The molecule has 1 N–H and O–H groups in total. The number of hydrogen-bond acceptors (Lipinski definition) is 5. The quantitative estimate of drug-likeness (QED) is 0.551. The van der Waals surface area contributed by atoms with E-state index >= 15 is 0 Å². The number of amides is 1. The van der Waals surface area contributed by atoms with Crippen molar-refractivity contribution in [1.82, 2.24) is 0 Å². The van der Waals surface area contributed by atoms with Gasteiger partial charge in [0, 0.05) is 11.8 Å². The molecule has 6 heteroatoms. The Labute approximate surface area is 170 Å². The molecule has 2 aromatic rings. The van der Waals surface area contributed by atoms with Gasteiger partial charge < -0.3 is 19.5 Å². The molecule has 1 aliphatic rings. The first-order chi connectivity index (χ1) is 14.0. The Morgan fingerprint density at radius 2 is 1.90 bits per heavy atom. The van der Waals surface area contributed by atoms with Crippen LogP contribution < -0.4 is 14.8 Å². The van der Waals surface area contributed by atoms with Crippen LogP contribution in [-0.2, 0) is 14.3 Å². The van der Waals surface area contributed by atoms with E-state index in [-0.39, 0.29) is 12.7 Å². The molecule has 0 radical (unpaired) electrons. The SMILES string of the molecule is CC[C@H](C)c1ccccc1NC(=O)[C@@H](C)OC(=O)/C=C/c1ccc2c(c1)OCO2. The summed E-state index contributed by atoms with van der Waals surface area (Å²) in [7, 11) is 0. The topological polar surface area (TPSA) is 73.9 Å². The lowest BCUT2D eigenvalue weighted by Crippen LogP contribution is -2.29. The first-order valence-corrected chi connectivity index (χ1v) is 9.66. The molecular weight excluding hydrogens is 370 g/mol. The van der Waals surface area contributed by atoms with Crippen molar-refractivity contribution in [3.8, 4) is 11.5 Å². The Morgan fingerprint density at radius 3 is 2.69 bits per heavy atom. The second-order valence-corrected chi connectivity index (χ2v) is 6.91. The highest BCUT2D eigenvalue weighted by molar-refractivity contribution is 5.97. The van der Waals surface area contributed by atoms with Crippen molar-refractivity contribution in [3.63, 3.8) is 0 Å². The van der Waals surface area contributed by atoms with Crippen molar-refractivity contribution >= 4 is 23.6 Å². The Hall–Kier alpha value is -3.28. The molecule has 0 unspecified atom stereocenters. The highest BCUT2D eigenvalue weighted by Gasteiger charge is 2.19. The molecule has 152 valence electrons. The summed E-state index contributed by atoms with van der Waals surface area (Å²) in [6.45, 7) is 5.94. The number of carbonyl (C=O) groups excluding carboxylic acids is 2. The standard InChI is InChI=1S/C23H25NO5/c1-4-15(2)18-7-5-6-8-19(18)24-23(26)16(3)29-22(25)12-10-17-9-11-20-21(13-17)28-14-27-20/h5-13,15-16H,4,14H2,1-3H3,(H,24,26)/b12-10+/t15-,16+/m0/s1. The van der Waals surface area contributed by atoms with Crippen LogP contribution in [0.1, 0.15) is 44.2 Å². The Morgan fingerprint density at radius 1 is 1.14 bits per heavy atom. The Balaban J connectivity index is 1.57. The zero-order valence-electron chi connectivity index (χ0n) is 16.8. The summed E-state index contributed by atoms with van der Waals surface area (Å²) >= 11 is 0. The van der Waals surface area contributed by atoms with Crippen molar-refractivity contribution in [2.75, 3.05) is 12.1 Å². The predicted octanol–water partition coefficient (Wildman–Crippen LogP) is 4.51. The summed E-state index contributed by atoms with van der Waals surface area (Å²) < 4.78 is 15.8. The van der Waals surface area contributed by atoms with Crippen LogP contribution in [0.25, 0.3) is 6.08 Å². The molecule has 0 saturated heterocycles. The van der Waals surface area contributed by atoms with Crippen molar-refractivity contribution in [2.45, 2.75) is 39.2 Å². The fourth-order valence-electron chi connectivity index (χ4n) is 2.94. The Kier molecular flexibility index (Phi) is 6.54. The lowest BCUT2D eigenvalue weighted by Gasteiger charge is -2.17. The molecule has 3 rings (SSSR count). The number of anilines is 1. The van der Waals surface area contributed by atoms with Crippen LogP contribution in [0.2, 0.25) is 0 Å². The number of benzene rings is 2. The van der Waals surface area contributed by atoms with Crippen LogP contribution in [0.3, 0.4) is 0 Å². The number of para-hydroxylation sites is 1. The van der Waals surface area contributed by atoms with Crippen LogP contribution in [0, 0.1) is 0 Å². The van der Waals surface area contributed by atoms with Crippen LogP contribution in [0.15, 0.2) is 48.5 Å². The number of fused-ring (bicyclic) bond motifs is 1. The summed E-state index contributed by atoms with van der Waals surface area (Å²) in [5.74, 6) is 0.654. The zero-order valence-corrected chi connectivity index (χ0v) is 16.8. The molecule has 2 aromatic carbocycles. The van der Waals surface area contributed by atoms with Crippen molar-refractivity contribution < 1.29 is 23.8 Å². The third-order valence-electron chi connectivity index (χ3n) is 4.83. The van der Waals surface area contributed by atoms with Gasteiger partial charge in [0.1, 0.15) is 0 Å². The summed E-state index contributed by atoms with van der Waals surface area (Å²) in [6, 6.07) is 13.0. The van der Waals surface area contributed by atoms with Gasteiger partial charge in [0.2, 0.25) is 6.79 Å². The van der Waals surface area contributed by atoms with Gasteiger partial charge in [-0.25, -0.2) is 4.79 Å². The maximum atomic E-state index is 12.5. The predicted molar refractivity (Wildman–Crippen MR) is 111 cm³/mol. The third kappa shape index (κ3) is 5.16. The van der Waals surface area contributed by atoms with Gasteiger partial charge in [0.15, 0.2) is 17.6 Å². The zero-order chi connectivity index (χ0) is 20.8. The molecule has 0 spiro atoms. The molecule has 1 heterocycles. The minimum atomic E-state index is -0.922. The highest BCUT2D eigenvalue weighted by atomic mass is 16.7. The second kappa shape index (κ2) is 9.28. The molecule has 6 nitrogen and oxygen atoms in total. The van der Waals surface area contributed by atoms with Crippen LogP contribution in [0.5, 0.6) is 11.5 Å². The van der Waals surface area contributed by atoms with Gasteiger partial charge in [-0.1, -0.05) is 38.1 Å². The first kappa shape index (κ1) is 20.5. The lowest BCUT2D eigenvalue weighted by atomic mass is 9.97. The highest BCUT2D eigenvalue weighted by Crippen LogP contribution is 2.32. The molecule has 0 bridgehead atoms. The summed E-state index contributed by atoms with van der Waals surface area (Å²) in [4.78, 5) is 24.6. The molecule has 0 fully saturated rings. The average Bonchev–Trinajstić information content (AvgIpc) is 3.20. The van der Waals surface area contributed by atoms with E-state index < -0.39 is 12.1 Å². The van der Waals surface area contributed by atoms with Gasteiger partial charge in [-0.15, -0.1) is 0 Å². The van der Waals surface area contributed by atoms with Gasteiger partial charge in [-0.2, -0.15) is 0 Å². The van der Waals surface area contributed by atoms with E-state index in [0.717, 1.165) is 23.2 Å². The normalized spacial score (nSPS) is 14.4. The van der Waals surface area contributed by atoms with E-state index in [2.05, 4.69) is 19.2 Å². The number of ether oxygens (including phenoxy) is 3. The van der Waals surface area contributed by atoms with Crippen LogP contribution in [0.4, 0.5) is 5.69 Å². The van der Waals surface area contributed by atoms with Crippen molar-refractivity contribution in [1.29, 1.82) is 0 Å². The van der Waals surface area contributed by atoms with Gasteiger partial charge in [-0.3, -0.25) is 4.79 Å². The average molecular weight is 395 g/mol. The first-order valence-electron chi connectivity index (χ1n) is 9.66. The van der Waals surface area contributed by atoms with Crippen molar-refractivity contribution in [3.05, 3.63) is 59.7 Å².